The second-order valence-electron chi connectivity index (χ2n) is 7.74. The topological polar surface area (TPSA) is 17.0 Å². The van der Waals surface area contributed by atoms with Gasteiger partial charge in [-0.15, -0.1) is 0 Å². The summed E-state index contributed by atoms with van der Waals surface area (Å²) in [6, 6.07) is 15.9. The van der Waals surface area contributed by atoms with E-state index in [0.29, 0.717) is 5.92 Å². The third kappa shape index (κ3) is 2.38. The molecule has 1 N–H and O–H groups in total. The van der Waals surface area contributed by atoms with Gasteiger partial charge in [0.25, 0.3) is 0 Å². The summed E-state index contributed by atoms with van der Waals surface area (Å²) in [6.07, 6.45) is 6.85. The van der Waals surface area contributed by atoms with E-state index in [0.717, 1.165) is 13.1 Å². The number of nitrogens with one attached hydrogen (secondary N) is 1. The molecule has 1 fully saturated rings. The normalized spacial score (nSPS) is 17.6. The minimum Gasteiger partial charge on any atom is -0.383 e. The van der Waals surface area contributed by atoms with Crippen molar-refractivity contribution in [1.29, 1.82) is 0 Å². The van der Waals surface area contributed by atoms with E-state index < -0.39 is 0 Å². The Morgan fingerprint density at radius 1 is 1.00 bits per heavy atom. The van der Waals surface area contributed by atoms with E-state index in [9.17, 15) is 0 Å². The van der Waals surface area contributed by atoms with Gasteiger partial charge in [0, 0.05) is 35.2 Å². The van der Waals surface area contributed by atoms with Crippen molar-refractivity contribution in [2.24, 2.45) is 0 Å². The SMILES string of the molecule is Cc1ccc2c(C3CCCCC3)c3n(c2c1)CCNc1ccccc1-3. The summed E-state index contributed by atoms with van der Waals surface area (Å²) in [4.78, 5) is 0. The van der Waals surface area contributed by atoms with Crippen molar-refractivity contribution in [3.05, 3.63) is 53.6 Å². The summed E-state index contributed by atoms with van der Waals surface area (Å²) >= 11 is 0. The molecule has 0 unspecified atom stereocenters. The van der Waals surface area contributed by atoms with Crippen molar-refractivity contribution >= 4 is 16.6 Å². The number of fused-ring (bicyclic) bond motifs is 5. The Balaban J connectivity index is 1.85. The zero-order chi connectivity index (χ0) is 16.8. The zero-order valence-corrected chi connectivity index (χ0v) is 15.0. The standard InChI is InChI=1S/C23H26N2/c1-16-11-12-19-21(15-16)25-14-13-24-20-10-6-5-9-18(20)23(25)22(19)17-7-3-2-4-8-17/h5-6,9-12,15,17,24H,2-4,7-8,13-14H2,1H3. The van der Waals surface area contributed by atoms with Gasteiger partial charge in [0.15, 0.2) is 0 Å². The molecule has 5 rings (SSSR count). The van der Waals surface area contributed by atoms with Crippen molar-refractivity contribution in [3.63, 3.8) is 0 Å². The number of rotatable bonds is 1. The van der Waals surface area contributed by atoms with Gasteiger partial charge < -0.3 is 9.88 Å². The monoisotopic (exact) mass is 330 g/mol. The maximum absolute atomic E-state index is 3.65. The molecule has 0 spiro atoms. The first-order valence-electron chi connectivity index (χ1n) is 9.79. The molecule has 2 heteroatoms. The fourth-order valence-electron chi connectivity index (χ4n) is 4.96. The molecule has 0 saturated heterocycles. The average molecular weight is 330 g/mol. The fraction of sp³-hybridized carbons (Fsp3) is 0.391. The van der Waals surface area contributed by atoms with Gasteiger partial charge in [-0.05, 0) is 48.9 Å². The molecule has 2 aliphatic rings. The Morgan fingerprint density at radius 3 is 2.72 bits per heavy atom. The van der Waals surface area contributed by atoms with Gasteiger partial charge in [-0.3, -0.25) is 0 Å². The summed E-state index contributed by atoms with van der Waals surface area (Å²) < 4.78 is 2.59. The summed E-state index contributed by atoms with van der Waals surface area (Å²) in [5, 5.41) is 5.14. The first-order valence-corrected chi connectivity index (χ1v) is 9.79. The molecule has 1 aliphatic heterocycles. The molecule has 1 saturated carbocycles. The third-order valence-corrected chi connectivity index (χ3v) is 6.11. The molecule has 25 heavy (non-hydrogen) atoms. The van der Waals surface area contributed by atoms with Crippen LogP contribution in [0.15, 0.2) is 42.5 Å². The van der Waals surface area contributed by atoms with E-state index in [1.165, 1.54) is 65.5 Å². The van der Waals surface area contributed by atoms with Crippen molar-refractivity contribution in [1.82, 2.24) is 4.57 Å². The smallest absolute Gasteiger partial charge is 0.0548 e. The van der Waals surface area contributed by atoms with Gasteiger partial charge in [-0.1, -0.05) is 49.6 Å². The van der Waals surface area contributed by atoms with Crippen molar-refractivity contribution in [2.75, 3.05) is 11.9 Å². The third-order valence-electron chi connectivity index (χ3n) is 6.11. The molecule has 0 amide bonds. The second-order valence-corrected chi connectivity index (χ2v) is 7.74. The molecule has 0 bridgehead atoms. The highest BCUT2D eigenvalue weighted by Gasteiger charge is 2.28. The van der Waals surface area contributed by atoms with E-state index in [4.69, 9.17) is 0 Å². The van der Waals surface area contributed by atoms with Crippen LogP contribution in [-0.4, -0.2) is 11.1 Å². The molecular weight excluding hydrogens is 304 g/mol. The lowest BCUT2D eigenvalue weighted by atomic mass is 9.81. The van der Waals surface area contributed by atoms with Crippen LogP contribution in [0.2, 0.25) is 0 Å². The Kier molecular flexibility index (Phi) is 3.58. The van der Waals surface area contributed by atoms with Gasteiger partial charge in [-0.2, -0.15) is 0 Å². The molecular formula is C23H26N2. The van der Waals surface area contributed by atoms with Crippen LogP contribution in [-0.2, 0) is 6.54 Å². The van der Waals surface area contributed by atoms with Crippen LogP contribution in [0.5, 0.6) is 0 Å². The molecule has 1 aliphatic carbocycles. The largest absolute Gasteiger partial charge is 0.383 e. The van der Waals surface area contributed by atoms with Crippen LogP contribution < -0.4 is 5.32 Å². The van der Waals surface area contributed by atoms with E-state index in [1.807, 2.05) is 0 Å². The number of nitrogens with zero attached hydrogens (tertiary/aromatic N) is 1. The minimum atomic E-state index is 0.710. The van der Waals surface area contributed by atoms with Crippen molar-refractivity contribution in [2.45, 2.75) is 51.5 Å². The number of benzene rings is 2. The predicted molar refractivity (Wildman–Crippen MR) is 106 cm³/mol. The van der Waals surface area contributed by atoms with E-state index in [1.54, 1.807) is 5.56 Å². The second kappa shape index (κ2) is 5.94. The maximum Gasteiger partial charge on any atom is 0.0548 e. The average Bonchev–Trinajstić information content (AvgIpc) is 2.84. The number of aromatic nitrogens is 1. The van der Waals surface area contributed by atoms with E-state index in [2.05, 4.69) is 59.3 Å². The molecule has 0 radical (unpaired) electrons. The molecule has 2 aromatic carbocycles. The van der Waals surface area contributed by atoms with Crippen LogP contribution in [0.3, 0.4) is 0 Å². The summed E-state index contributed by atoms with van der Waals surface area (Å²) in [5.74, 6) is 0.710. The van der Waals surface area contributed by atoms with Crippen LogP contribution in [0.1, 0.15) is 49.1 Å². The molecule has 2 nitrogen and oxygen atoms in total. The lowest BCUT2D eigenvalue weighted by molar-refractivity contribution is 0.445. The predicted octanol–water partition coefficient (Wildman–Crippen LogP) is 6.09. The molecule has 3 aromatic rings. The van der Waals surface area contributed by atoms with E-state index in [-0.39, 0.29) is 0 Å². The zero-order valence-electron chi connectivity index (χ0n) is 15.0. The lowest BCUT2D eigenvalue weighted by Crippen LogP contribution is -2.08. The van der Waals surface area contributed by atoms with Gasteiger partial charge in [0.2, 0.25) is 0 Å². The fourth-order valence-corrected chi connectivity index (χ4v) is 4.96. The number of anilines is 1. The van der Waals surface area contributed by atoms with Crippen molar-refractivity contribution < 1.29 is 0 Å². The number of aryl methyl sites for hydroxylation is 1. The molecule has 2 heterocycles. The summed E-state index contributed by atoms with van der Waals surface area (Å²) in [5.41, 5.74) is 8.55. The van der Waals surface area contributed by atoms with Gasteiger partial charge >= 0.3 is 0 Å². The Hall–Kier alpha value is -2.22. The first kappa shape index (κ1) is 15.1. The summed E-state index contributed by atoms with van der Waals surface area (Å²) in [6.45, 7) is 4.24. The van der Waals surface area contributed by atoms with E-state index >= 15 is 0 Å². The van der Waals surface area contributed by atoms with Crippen LogP contribution in [0.25, 0.3) is 22.2 Å². The highest BCUT2D eigenvalue weighted by Crippen LogP contribution is 2.46. The Labute approximate surface area is 149 Å². The number of hydrogen-bond acceptors (Lipinski definition) is 1. The van der Waals surface area contributed by atoms with Gasteiger partial charge in [0.05, 0.1) is 5.69 Å². The first-order chi connectivity index (χ1) is 12.3. The molecule has 128 valence electrons. The lowest BCUT2D eigenvalue weighted by Gasteiger charge is -2.23. The van der Waals surface area contributed by atoms with Crippen LogP contribution in [0.4, 0.5) is 5.69 Å². The molecule has 0 atom stereocenters. The quantitative estimate of drug-likeness (QED) is 0.571. The highest BCUT2D eigenvalue weighted by molar-refractivity contribution is 5.95. The van der Waals surface area contributed by atoms with Crippen molar-refractivity contribution in [3.8, 4) is 11.3 Å². The Morgan fingerprint density at radius 2 is 1.84 bits per heavy atom. The summed E-state index contributed by atoms with van der Waals surface area (Å²) in [7, 11) is 0. The number of para-hydroxylation sites is 1. The van der Waals surface area contributed by atoms with Crippen LogP contribution >= 0.6 is 0 Å². The van der Waals surface area contributed by atoms with Crippen LogP contribution in [0, 0.1) is 6.92 Å². The van der Waals surface area contributed by atoms with Gasteiger partial charge in [0.1, 0.15) is 0 Å². The maximum atomic E-state index is 3.65. The minimum absolute atomic E-state index is 0.710. The Bertz CT molecular complexity index is 929. The number of hydrogen-bond donors (Lipinski definition) is 1. The van der Waals surface area contributed by atoms with Gasteiger partial charge in [-0.25, -0.2) is 0 Å². The highest BCUT2D eigenvalue weighted by atomic mass is 15.0. The molecule has 1 aromatic heterocycles.